The first-order chi connectivity index (χ1) is 10.5. The number of rotatable bonds is 10. The maximum absolute atomic E-state index is 13.3. The number of hydrogen-bond donors (Lipinski definition) is 2. The van der Waals surface area contributed by atoms with E-state index in [4.69, 9.17) is 5.73 Å². The molecule has 1 aromatic rings. The van der Waals surface area contributed by atoms with Gasteiger partial charge in [0.1, 0.15) is 5.82 Å². The Bertz CT molecular complexity index is 451. The summed E-state index contributed by atoms with van der Waals surface area (Å²) >= 11 is 0. The van der Waals surface area contributed by atoms with Crippen molar-refractivity contribution in [1.82, 2.24) is 10.2 Å². The minimum absolute atomic E-state index is 0.0307. The van der Waals surface area contributed by atoms with Crippen LogP contribution < -0.4 is 11.1 Å². The monoisotopic (exact) mass is 309 g/mol. The Labute approximate surface area is 132 Å². The van der Waals surface area contributed by atoms with Gasteiger partial charge in [0.25, 0.3) is 0 Å². The van der Waals surface area contributed by atoms with Crippen LogP contribution in [0.1, 0.15) is 43.7 Å². The van der Waals surface area contributed by atoms with Crippen molar-refractivity contribution in [1.29, 1.82) is 0 Å². The normalized spacial score (nSPS) is 12.4. The molecule has 0 saturated heterocycles. The number of amides is 1. The van der Waals surface area contributed by atoms with Gasteiger partial charge in [-0.15, -0.1) is 0 Å². The van der Waals surface area contributed by atoms with Gasteiger partial charge in [-0.05, 0) is 51.2 Å². The Kier molecular flexibility index (Phi) is 8.70. The van der Waals surface area contributed by atoms with E-state index in [2.05, 4.69) is 5.32 Å². The summed E-state index contributed by atoms with van der Waals surface area (Å²) in [5.41, 5.74) is 6.30. The fraction of sp³-hybridized carbons (Fsp3) is 0.588. The summed E-state index contributed by atoms with van der Waals surface area (Å²) < 4.78 is 13.3. The second-order valence-corrected chi connectivity index (χ2v) is 5.79. The molecule has 1 atom stereocenters. The van der Waals surface area contributed by atoms with E-state index < -0.39 is 0 Å². The van der Waals surface area contributed by atoms with Gasteiger partial charge in [-0.25, -0.2) is 4.39 Å². The van der Waals surface area contributed by atoms with E-state index in [0.717, 1.165) is 31.2 Å². The van der Waals surface area contributed by atoms with Crippen molar-refractivity contribution in [2.75, 3.05) is 27.2 Å². The molecule has 0 aliphatic heterocycles. The molecule has 0 saturated carbocycles. The molecule has 1 amide bonds. The Morgan fingerprint density at radius 2 is 2.00 bits per heavy atom. The molecule has 4 nitrogen and oxygen atoms in total. The molecule has 0 aliphatic rings. The maximum Gasteiger partial charge on any atom is 0.220 e. The maximum atomic E-state index is 13.3. The molecular weight excluding hydrogens is 281 g/mol. The van der Waals surface area contributed by atoms with E-state index in [0.29, 0.717) is 19.5 Å². The second kappa shape index (κ2) is 10.3. The van der Waals surface area contributed by atoms with Crippen LogP contribution in [0.5, 0.6) is 0 Å². The minimum atomic E-state index is -0.254. The molecule has 0 bridgehead atoms. The van der Waals surface area contributed by atoms with Gasteiger partial charge in [0.05, 0.1) is 6.04 Å². The van der Waals surface area contributed by atoms with Gasteiger partial charge in [-0.3, -0.25) is 4.79 Å². The van der Waals surface area contributed by atoms with Crippen LogP contribution in [-0.2, 0) is 4.79 Å². The van der Waals surface area contributed by atoms with Crippen molar-refractivity contribution >= 4 is 5.91 Å². The molecule has 0 fully saturated rings. The van der Waals surface area contributed by atoms with E-state index in [-0.39, 0.29) is 17.8 Å². The first kappa shape index (κ1) is 18.6. The molecule has 0 radical (unpaired) electrons. The standard InChI is InChI=1S/C17H28FN3O/c1-21(2)16(14-8-7-9-15(18)12-14)13-20-17(22)10-5-3-4-6-11-19/h7-9,12,16H,3-6,10-11,13,19H2,1-2H3,(H,20,22). The lowest BCUT2D eigenvalue weighted by Gasteiger charge is -2.25. The zero-order chi connectivity index (χ0) is 16.4. The van der Waals surface area contributed by atoms with Crippen LogP contribution in [0.3, 0.4) is 0 Å². The molecule has 1 aromatic carbocycles. The van der Waals surface area contributed by atoms with Gasteiger partial charge in [0, 0.05) is 13.0 Å². The van der Waals surface area contributed by atoms with Gasteiger partial charge in [-0.1, -0.05) is 25.0 Å². The molecule has 3 N–H and O–H groups in total. The number of nitrogens with zero attached hydrogens (tertiary/aromatic N) is 1. The molecule has 124 valence electrons. The number of likely N-dealkylation sites (N-methyl/N-ethyl adjacent to an activating group) is 1. The Balaban J connectivity index is 2.40. The van der Waals surface area contributed by atoms with Crippen molar-refractivity contribution in [2.45, 2.75) is 38.1 Å². The highest BCUT2D eigenvalue weighted by Gasteiger charge is 2.15. The van der Waals surface area contributed by atoms with Gasteiger partial charge in [0.2, 0.25) is 5.91 Å². The number of carbonyl (C=O) groups is 1. The van der Waals surface area contributed by atoms with Crippen LogP contribution in [0.4, 0.5) is 4.39 Å². The SMILES string of the molecule is CN(C)C(CNC(=O)CCCCCCN)c1cccc(F)c1. The quantitative estimate of drug-likeness (QED) is 0.653. The molecule has 5 heteroatoms. The van der Waals surface area contributed by atoms with Crippen molar-refractivity contribution < 1.29 is 9.18 Å². The summed E-state index contributed by atoms with van der Waals surface area (Å²) in [4.78, 5) is 13.9. The lowest BCUT2D eigenvalue weighted by molar-refractivity contribution is -0.121. The van der Waals surface area contributed by atoms with Gasteiger partial charge in [-0.2, -0.15) is 0 Å². The molecule has 22 heavy (non-hydrogen) atoms. The highest BCUT2D eigenvalue weighted by atomic mass is 19.1. The minimum Gasteiger partial charge on any atom is -0.354 e. The molecule has 0 aliphatic carbocycles. The third-order valence-electron chi connectivity index (χ3n) is 3.71. The van der Waals surface area contributed by atoms with Crippen molar-refractivity contribution in [2.24, 2.45) is 5.73 Å². The van der Waals surface area contributed by atoms with E-state index in [1.165, 1.54) is 12.1 Å². The summed E-state index contributed by atoms with van der Waals surface area (Å²) in [6.07, 6.45) is 4.55. The largest absolute Gasteiger partial charge is 0.354 e. The second-order valence-electron chi connectivity index (χ2n) is 5.79. The number of unbranched alkanes of at least 4 members (excludes halogenated alkanes) is 3. The topological polar surface area (TPSA) is 58.4 Å². The van der Waals surface area contributed by atoms with Gasteiger partial charge >= 0.3 is 0 Å². The number of carbonyl (C=O) groups excluding carboxylic acids is 1. The zero-order valence-corrected chi connectivity index (χ0v) is 13.6. The van der Waals surface area contributed by atoms with Crippen LogP contribution in [0.15, 0.2) is 24.3 Å². The number of nitrogens with two attached hydrogens (primary N) is 1. The fourth-order valence-corrected chi connectivity index (χ4v) is 2.39. The molecular formula is C17H28FN3O. The average molecular weight is 309 g/mol. The van der Waals surface area contributed by atoms with Crippen LogP contribution in [0.2, 0.25) is 0 Å². The van der Waals surface area contributed by atoms with E-state index in [1.807, 2.05) is 25.1 Å². The van der Waals surface area contributed by atoms with Crippen molar-refractivity contribution in [3.05, 3.63) is 35.6 Å². The number of nitrogens with one attached hydrogen (secondary N) is 1. The van der Waals surface area contributed by atoms with E-state index in [9.17, 15) is 9.18 Å². The highest BCUT2D eigenvalue weighted by Crippen LogP contribution is 2.18. The van der Waals surface area contributed by atoms with Gasteiger partial charge in [0.15, 0.2) is 0 Å². The zero-order valence-electron chi connectivity index (χ0n) is 13.6. The molecule has 0 spiro atoms. The predicted octanol–water partition coefficient (Wildman–Crippen LogP) is 2.45. The third-order valence-corrected chi connectivity index (χ3v) is 3.71. The molecule has 1 unspecified atom stereocenters. The van der Waals surface area contributed by atoms with E-state index >= 15 is 0 Å². The third kappa shape index (κ3) is 7.00. The van der Waals surface area contributed by atoms with Crippen molar-refractivity contribution in [3.8, 4) is 0 Å². The fourth-order valence-electron chi connectivity index (χ4n) is 2.39. The predicted molar refractivity (Wildman–Crippen MR) is 88.0 cm³/mol. The lowest BCUT2D eigenvalue weighted by Crippen LogP contribution is -2.34. The number of halogens is 1. The molecule has 1 rings (SSSR count). The lowest BCUT2D eigenvalue weighted by atomic mass is 10.1. The summed E-state index contributed by atoms with van der Waals surface area (Å²) in [7, 11) is 3.85. The Hall–Kier alpha value is -1.46. The highest BCUT2D eigenvalue weighted by molar-refractivity contribution is 5.75. The average Bonchev–Trinajstić information content (AvgIpc) is 2.47. The summed E-state index contributed by atoms with van der Waals surface area (Å²) in [6, 6.07) is 6.49. The Morgan fingerprint density at radius 3 is 2.64 bits per heavy atom. The number of hydrogen-bond acceptors (Lipinski definition) is 3. The summed E-state index contributed by atoms with van der Waals surface area (Å²) in [6.45, 7) is 1.20. The summed E-state index contributed by atoms with van der Waals surface area (Å²) in [5, 5.41) is 2.95. The smallest absolute Gasteiger partial charge is 0.220 e. The van der Waals surface area contributed by atoms with Crippen LogP contribution in [-0.4, -0.2) is 38.0 Å². The first-order valence-electron chi connectivity index (χ1n) is 7.93. The van der Waals surface area contributed by atoms with Crippen LogP contribution >= 0.6 is 0 Å². The number of benzene rings is 1. The Morgan fingerprint density at radius 1 is 1.27 bits per heavy atom. The molecule has 0 aromatic heterocycles. The van der Waals surface area contributed by atoms with Crippen LogP contribution in [0, 0.1) is 5.82 Å². The van der Waals surface area contributed by atoms with Crippen molar-refractivity contribution in [3.63, 3.8) is 0 Å². The summed E-state index contributed by atoms with van der Waals surface area (Å²) in [5.74, 6) is -0.202. The van der Waals surface area contributed by atoms with Gasteiger partial charge < -0.3 is 16.0 Å². The van der Waals surface area contributed by atoms with E-state index in [1.54, 1.807) is 6.07 Å². The molecule has 0 heterocycles. The first-order valence-corrected chi connectivity index (χ1v) is 7.93. The van der Waals surface area contributed by atoms with Crippen LogP contribution in [0.25, 0.3) is 0 Å².